The maximum atomic E-state index is 11.1. The van der Waals surface area contributed by atoms with Crippen LogP contribution in [0.5, 0.6) is 0 Å². The molecule has 1 saturated carbocycles. The molecule has 1 aliphatic rings. The topological polar surface area (TPSA) is 49.3 Å². The van der Waals surface area contributed by atoms with Crippen LogP contribution >= 0.6 is 0 Å². The van der Waals surface area contributed by atoms with Gasteiger partial charge in [-0.05, 0) is 12.3 Å². The van der Waals surface area contributed by atoms with E-state index in [9.17, 15) is 4.79 Å². The number of carbonyl (C=O) groups excluding carboxylic acids is 1. The quantitative estimate of drug-likeness (QED) is 0.673. The smallest absolute Gasteiger partial charge is 0.220 e. The van der Waals surface area contributed by atoms with E-state index in [1.807, 2.05) is 0 Å². The first kappa shape index (κ1) is 10.5. The molecule has 1 amide bonds. The number of rotatable bonds is 5. The van der Waals surface area contributed by atoms with Gasteiger partial charge in [0, 0.05) is 13.0 Å². The Hall–Kier alpha value is -0.570. The van der Waals surface area contributed by atoms with Crippen LogP contribution in [0.15, 0.2) is 0 Å². The van der Waals surface area contributed by atoms with Crippen LogP contribution in [-0.2, 0) is 4.79 Å². The van der Waals surface area contributed by atoms with Gasteiger partial charge < -0.3 is 10.4 Å². The summed E-state index contributed by atoms with van der Waals surface area (Å²) in [5.74, 6) is 0.862. The molecule has 3 nitrogen and oxygen atoms in total. The molecule has 0 bridgehead atoms. The van der Waals surface area contributed by atoms with Crippen molar-refractivity contribution in [3.05, 3.63) is 0 Å². The van der Waals surface area contributed by atoms with Gasteiger partial charge in [0.2, 0.25) is 5.91 Å². The van der Waals surface area contributed by atoms with E-state index in [4.69, 9.17) is 5.11 Å². The van der Waals surface area contributed by atoms with Crippen molar-refractivity contribution in [3.63, 3.8) is 0 Å². The first-order valence-electron chi connectivity index (χ1n) is 5.20. The van der Waals surface area contributed by atoms with Crippen molar-refractivity contribution in [3.8, 4) is 0 Å². The third-order valence-electron chi connectivity index (χ3n) is 2.69. The van der Waals surface area contributed by atoms with E-state index in [1.165, 1.54) is 25.7 Å². The van der Waals surface area contributed by atoms with Gasteiger partial charge in [0.05, 0.1) is 6.61 Å². The molecule has 2 N–H and O–H groups in total. The van der Waals surface area contributed by atoms with Gasteiger partial charge >= 0.3 is 0 Å². The molecule has 13 heavy (non-hydrogen) atoms. The number of hydrogen-bond acceptors (Lipinski definition) is 2. The number of carbonyl (C=O) groups is 1. The average Bonchev–Trinajstić information content (AvgIpc) is 2.64. The lowest BCUT2D eigenvalue weighted by Gasteiger charge is -2.07. The summed E-state index contributed by atoms with van der Waals surface area (Å²) in [6.45, 7) is 0.429. The van der Waals surface area contributed by atoms with Crippen LogP contribution in [-0.4, -0.2) is 24.2 Å². The molecule has 1 rings (SSSR count). The zero-order valence-electron chi connectivity index (χ0n) is 8.09. The van der Waals surface area contributed by atoms with Crippen molar-refractivity contribution < 1.29 is 9.90 Å². The highest BCUT2D eigenvalue weighted by Crippen LogP contribution is 2.28. The molecule has 0 aromatic rings. The molecule has 0 radical (unpaired) electrons. The Balaban J connectivity index is 2.00. The van der Waals surface area contributed by atoms with Crippen molar-refractivity contribution in [1.82, 2.24) is 5.32 Å². The fraction of sp³-hybridized carbons (Fsp3) is 0.900. The van der Waals surface area contributed by atoms with Gasteiger partial charge in [-0.2, -0.15) is 0 Å². The molecular formula is C10H19NO2. The summed E-state index contributed by atoms with van der Waals surface area (Å²) in [7, 11) is 0. The van der Waals surface area contributed by atoms with Gasteiger partial charge in [-0.15, -0.1) is 0 Å². The Kier molecular flexibility index (Phi) is 4.83. The van der Waals surface area contributed by atoms with Crippen LogP contribution in [0.2, 0.25) is 0 Å². The van der Waals surface area contributed by atoms with Crippen LogP contribution in [0.4, 0.5) is 0 Å². The van der Waals surface area contributed by atoms with E-state index in [1.54, 1.807) is 0 Å². The van der Waals surface area contributed by atoms with E-state index in [-0.39, 0.29) is 12.5 Å². The fourth-order valence-corrected chi connectivity index (χ4v) is 1.92. The summed E-state index contributed by atoms with van der Waals surface area (Å²) in [4.78, 5) is 11.1. The number of nitrogens with one attached hydrogen (secondary N) is 1. The van der Waals surface area contributed by atoms with Gasteiger partial charge in [-0.3, -0.25) is 4.79 Å². The lowest BCUT2D eigenvalue weighted by atomic mass is 10.0. The number of hydrogen-bond donors (Lipinski definition) is 2. The molecule has 1 fully saturated rings. The fourth-order valence-electron chi connectivity index (χ4n) is 1.92. The summed E-state index contributed by atoms with van der Waals surface area (Å²) >= 11 is 0. The Morgan fingerprint density at radius 1 is 1.38 bits per heavy atom. The van der Waals surface area contributed by atoms with Crippen molar-refractivity contribution in [1.29, 1.82) is 0 Å². The van der Waals surface area contributed by atoms with Crippen LogP contribution in [0.25, 0.3) is 0 Å². The Bertz CT molecular complexity index is 153. The first-order chi connectivity index (χ1) is 6.33. The third-order valence-corrected chi connectivity index (χ3v) is 2.69. The molecule has 0 aromatic carbocycles. The Labute approximate surface area is 79.5 Å². The second kappa shape index (κ2) is 5.97. The monoisotopic (exact) mass is 185 g/mol. The molecular weight excluding hydrogens is 166 g/mol. The number of amides is 1. The highest BCUT2D eigenvalue weighted by Gasteiger charge is 2.15. The summed E-state index contributed by atoms with van der Waals surface area (Å²) in [6, 6.07) is 0. The van der Waals surface area contributed by atoms with Crippen molar-refractivity contribution >= 4 is 5.91 Å². The molecule has 0 aromatic heterocycles. The standard InChI is InChI=1S/C10H19NO2/c12-8-7-11-10(13)6-5-9-3-1-2-4-9/h9,12H,1-8H2,(H,11,13). The van der Waals surface area contributed by atoms with Gasteiger partial charge in [-0.25, -0.2) is 0 Å². The summed E-state index contributed by atoms with van der Waals surface area (Å²) in [5, 5.41) is 11.1. The second-order valence-corrected chi connectivity index (χ2v) is 3.76. The summed E-state index contributed by atoms with van der Waals surface area (Å²) < 4.78 is 0. The van der Waals surface area contributed by atoms with Crippen LogP contribution in [0.3, 0.4) is 0 Å². The minimum atomic E-state index is 0.0369. The first-order valence-corrected chi connectivity index (χ1v) is 5.20. The summed E-state index contributed by atoms with van der Waals surface area (Å²) in [6.07, 6.45) is 6.92. The molecule has 0 unspecified atom stereocenters. The molecule has 3 heteroatoms. The van der Waals surface area contributed by atoms with Crippen molar-refractivity contribution in [2.45, 2.75) is 38.5 Å². The Morgan fingerprint density at radius 3 is 2.69 bits per heavy atom. The molecule has 0 heterocycles. The second-order valence-electron chi connectivity index (χ2n) is 3.76. The molecule has 1 aliphatic carbocycles. The van der Waals surface area contributed by atoms with Crippen molar-refractivity contribution in [2.24, 2.45) is 5.92 Å². The van der Waals surface area contributed by atoms with Crippen molar-refractivity contribution in [2.75, 3.05) is 13.2 Å². The predicted octanol–water partition coefficient (Wildman–Crippen LogP) is 1.07. The van der Waals surface area contributed by atoms with E-state index in [0.29, 0.717) is 13.0 Å². The zero-order valence-corrected chi connectivity index (χ0v) is 8.09. The van der Waals surface area contributed by atoms with Crippen LogP contribution in [0, 0.1) is 5.92 Å². The normalized spacial score (nSPS) is 17.6. The van der Waals surface area contributed by atoms with E-state index in [2.05, 4.69) is 5.32 Å². The highest BCUT2D eigenvalue weighted by atomic mass is 16.3. The number of aliphatic hydroxyl groups excluding tert-OH is 1. The average molecular weight is 185 g/mol. The van der Waals surface area contributed by atoms with Gasteiger partial charge in [0.25, 0.3) is 0 Å². The third kappa shape index (κ3) is 4.27. The minimum absolute atomic E-state index is 0.0369. The van der Waals surface area contributed by atoms with Crippen LogP contribution in [0.1, 0.15) is 38.5 Å². The molecule has 0 spiro atoms. The van der Waals surface area contributed by atoms with Gasteiger partial charge in [0.1, 0.15) is 0 Å². The van der Waals surface area contributed by atoms with Crippen LogP contribution < -0.4 is 5.32 Å². The lowest BCUT2D eigenvalue weighted by Crippen LogP contribution is -2.26. The maximum absolute atomic E-state index is 11.1. The van der Waals surface area contributed by atoms with E-state index < -0.39 is 0 Å². The molecule has 0 atom stereocenters. The largest absolute Gasteiger partial charge is 0.395 e. The van der Waals surface area contributed by atoms with E-state index in [0.717, 1.165) is 12.3 Å². The minimum Gasteiger partial charge on any atom is -0.395 e. The molecule has 0 saturated heterocycles. The lowest BCUT2D eigenvalue weighted by molar-refractivity contribution is -0.121. The molecule has 0 aliphatic heterocycles. The molecule has 76 valence electrons. The zero-order chi connectivity index (χ0) is 9.52. The number of aliphatic hydroxyl groups is 1. The summed E-state index contributed by atoms with van der Waals surface area (Å²) in [5.41, 5.74) is 0. The highest BCUT2D eigenvalue weighted by molar-refractivity contribution is 5.75. The Morgan fingerprint density at radius 2 is 2.08 bits per heavy atom. The maximum Gasteiger partial charge on any atom is 0.220 e. The SMILES string of the molecule is O=C(CCC1CCCC1)NCCO. The predicted molar refractivity (Wildman–Crippen MR) is 51.3 cm³/mol. The van der Waals surface area contributed by atoms with E-state index >= 15 is 0 Å². The van der Waals surface area contributed by atoms with Gasteiger partial charge in [-0.1, -0.05) is 25.7 Å². The van der Waals surface area contributed by atoms with Gasteiger partial charge in [0.15, 0.2) is 0 Å².